The molecule has 3 N–H and O–H groups in total. The highest BCUT2D eigenvalue weighted by atomic mass is 16.4. The second-order valence-electron chi connectivity index (χ2n) is 6.34. The van der Waals surface area contributed by atoms with Gasteiger partial charge < -0.3 is 20.3 Å². The molecule has 0 bridgehead atoms. The lowest BCUT2D eigenvalue weighted by Crippen LogP contribution is -2.54. The molecule has 1 unspecified atom stereocenters. The van der Waals surface area contributed by atoms with Crippen molar-refractivity contribution in [1.29, 1.82) is 0 Å². The van der Waals surface area contributed by atoms with Crippen LogP contribution in [0.25, 0.3) is 0 Å². The molecule has 1 aromatic heterocycles. The van der Waals surface area contributed by atoms with Gasteiger partial charge in [-0.2, -0.15) is 0 Å². The Balaban J connectivity index is 1.69. The van der Waals surface area contributed by atoms with Crippen LogP contribution in [0.2, 0.25) is 0 Å². The third-order valence-corrected chi connectivity index (χ3v) is 4.67. The largest absolute Gasteiger partial charge is 0.480 e. The van der Waals surface area contributed by atoms with Crippen molar-refractivity contribution in [2.45, 2.75) is 45.2 Å². The fourth-order valence-corrected chi connectivity index (χ4v) is 3.02. The molecule has 1 aliphatic heterocycles. The highest BCUT2D eigenvalue weighted by Crippen LogP contribution is 2.39. The van der Waals surface area contributed by atoms with E-state index in [1.54, 1.807) is 6.33 Å². The molecule has 2 heterocycles. The van der Waals surface area contributed by atoms with Crippen LogP contribution in [-0.4, -0.2) is 44.6 Å². The summed E-state index contributed by atoms with van der Waals surface area (Å²) in [5, 5.41) is 12.2. The Morgan fingerprint density at radius 1 is 1.57 bits per heavy atom. The smallest absolute Gasteiger partial charge is 0.326 e. The normalized spacial score (nSPS) is 23.1. The molecule has 1 atom stereocenters. The first-order valence-corrected chi connectivity index (χ1v) is 7.27. The van der Waals surface area contributed by atoms with Crippen LogP contribution in [0, 0.1) is 5.41 Å². The molecule has 3 rings (SSSR count). The van der Waals surface area contributed by atoms with Crippen molar-refractivity contribution in [3.05, 3.63) is 17.7 Å². The number of carbonyl (C=O) groups excluding carboxylic acids is 1. The molecule has 7 nitrogen and oxygen atoms in total. The maximum atomic E-state index is 12.3. The first-order chi connectivity index (χ1) is 9.98. The molecule has 1 fully saturated rings. The molecular weight excluding hydrogens is 272 g/mol. The zero-order valence-electron chi connectivity index (χ0n) is 12.1. The number of carboxylic acids is 1. The van der Waals surface area contributed by atoms with Gasteiger partial charge in [-0.1, -0.05) is 13.3 Å². The number of rotatable bonds is 3. The van der Waals surface area contributed by atoms with Crippen LogP contribution in [0.3, 0.4) is 0 Å². The van der Waals surface area contributed by atoms with Crippen molar-refractivity contribution >= 4 is 12.0 Å². The Hall–Kier alpha value is -2.05. The number of carbonyl (C=O) groups is 2. The van der Waals surface area contributed by atoms with Crippen molar-refractivity contribution in [3.8, 4) is 0 Å². The molecule has 2 aliphatic rings. The number of nitrogens with zero attached hydrogens (tertiary/aromatic N) is 2. The molecule has 2 amide bonds. The number of aromatic nitrogens is 2. The van der Waals surface area contributed by atoms with E-state index in [2.05, 4.69) is 22.2 Å². The van der Waals surface area contributed by atoms with E-state index in [4.69, 9.17) is 0 Å². The molecule has 0 aromatic carbocycles. The van der Waals surface area contributed by atoms with Gasteiger partial charge in [-0.15, -0.1) is 0 Å². The number of H-pyrrole nitrogens is 1. The number of aliphatic carboxylic acids is 1. The van der Waals surface area contributed by atoms with Crippen molar-refractivity contribution in [2.75, 3.05) is 6.54 Å². The number of fused-ring (bicyclic) bond motifs is 1. The summed E-state index contributed by atoms with van der Waals surface area (Å²) in [5.74, 6) is -0.992. The van der Waals surface area contributed by atoms with Gasteiger partial charge in [0, 0.05) is 13.0 Å². The molecule has 1 aromatic rings. The van der Waals surface area contributed by atoms with Gasteiger partial charge in [-0.3, -0.25) is 0 Å². The minimum absolute atomic E-state index is 0.170. The van der Waals surface area contributed by atoms with Gasteiger partial charge >= 0.3 is 12.0 Å². The Bertz CT molecular complexity index is 564. The monoisotopic (exact) mass is 292 g/mol. The minimum Gasteiger partial charge on any atom is -0.480 e. The number of amides is 2. The van der Waals surface area contributed by atoms with Gasteiger partial charge in [-0.25, -0.2) is 14.6 Å². The standard InChI is InChI=1S/C14H20N4O3/c1-14(3-2-4-14)7-15-13(21)18-6-10-9(16-8-17-10)5-11(18)12(19)20/h8,11H,2-7H2,1H3,(H,15,21)(H,16,17)(H,19,20). The van der Waals surface area contributed by atoms with E-state index in [0.29, 0.717) is 6.54 Å². The van der Waals surface area contributed by atoms with Crippen LogP contribution < -0.4 is 5.32 Å². The van der Waals surface area contributed by atoms with Crippen LogP contribution >= 0.6 is 0 Å². The quantitative estimate of drug-likeness (QED) is 0.777. The third kappa shape index (κ3) is 2.59. The second-order valence-corrected chi connectivity index (χ2v) is 6.34. The zero-order chi connectivity index (χ0) is 15.0. The molecule has 7 heteroatoms. The van der Waals surface area contributed by atoms with Gasteiger partial charge in [0.1, 0.15) is 6.04 Å². The van der Waals surface area contributed by atoms with Crippen LogP contribution in [0.4, 0.5) is 4.79 Å². The number of hydrogen-bond acceptors (Lipinski definition) is 3. The summed E-state index contributed by atoms with van der Waals surface area (Å²) in [6.45, 7) is 3.01. The molecule has 1 saturated carbocycles. The third-order valence-electron chi connectivity index (χ3n) is 4.67. The Morgan fingerprint density at radius 2 is 2.33 bits per heavy atom. The van der Waals surface area contributed by atoms with Gasteiger partial charge in [0.2, 0.25) is 0 Å². The molecular formula is C14H20N4O3. The van der Waals surface area contributed by atoms with Gasteiger partial charge in [-0.05, 0) is 18.3 Å². The topological polar surface area (TPSA) is 98.3 Å². The van der Waals surface area contributed by atoms with Crippen molar-refractivity contribution in [2.24, 2.45) is 5.41 Å². The summed E-state index contributed by atoms with van der Waals surface area (Å²) in [6.07, 6.45) is 5.21. The summed E-state index contributed by atoms with van der Waals surface area (Å²) in [4.78, 5) is 32.2. The van der Waals surface area contributed by atoms with Gasteiger partial charge in [0.15, 0.2) is 0 Å². The Morgan fingerprint density at radius 3 is 2.95 bits per heavy atom. The van der Waals surface area contributed by atoms with Crippen LogP contribution in [0.1, 0.15) is 37.6 Å². The van der Waals surface area contributed by atoms with Gasteiger partial charge in [0.05, 0.1) is 24.3 Å². The first-order valence-electron chi connectivity index (χ1n) is 7.27. The minimum atomic E-state index is -0.992. The summed E-state index contributed by atoms with van der Waals surface area (Å²) in [7, 11) is 0. The summed E-state index contributed by atoms with van der Waals surface area (Å²) in [5.41, 5.74) is 1.72. The van der Waals surface area contributed by atoms with Crippen LogP contribution in [0.5, 0.6) is 0 Å². The number of carboxylic acid groups (broad SMARTS) is 1. The first kappa shape index (κ1) is 13.9. The second kappa shape index (κ2) is 5.05. The molecule has 0 radical (unpaired) electrons. The van der Waals surface area contributed by atoms with Crippen molar-refractivity contribution in [3.63, 3.8) is 0 Å². The van der Waals surface area contributed by atoms with Crippen LogP contribution in [0.15, 0.2) is 6.33 Å². The Labute approximate surface area is 122 Å². The maximum absolute atomic E-state index is 12.3. The lowest BCUT2D eigenvalue weighted by molar-refractivity contribution is -0.142. The molecule has 0 spiro atoms. The van der Waals surface area contributed by atoms with Crippen molar-refractivity contribution < 1.29 is 14.7 Å². The fraction of sp³-hybridized carbons (Fsp3) is 0.643. The van der Waals surface area contributed by atoms with E-state index in [0.717, 1.165) is 24.2 Å². The van der Waals surface area contributed by atoms with E-state index in [9.17, 15) is 14.7 Å². The lowest BCUT2D eigenvalue weighted by atomic mass is 9.70. The van der Waals surface area contributed by atoms with Crippen LogP contribution in [-0.2, 0) is 17.8 Å². The number of urea groups is 1. The average Bonchev–Trinajstić information content (AvgIpc) is 2.88. The molecule has 1 aliphatic carbocycles. The number of hydrogen-bond donors (Lipinski definition) is 3. The maximum Gasteiger partial charge on any atom is 0.326 e. The van der Waals surface area contributed by atoms with E-state index in [1.165, 1.54) is 11.3 Å². The predicted octanol–water partition coefficient (Wildman–Crippen LogP) is 1.12. The van der Waals surface area contributed by atoms with E-state index < -0.39 is 12.0 Å². The zero-order valence-corrected chi connectivity index (χ0v) is 12.1. The van der Waals surface area contributed by atoms with Crippen molar-refractivity contribution in [1.82, 2.24) is 20.2 Å². The predicted molar refractivity (Wildman–Crippen MR) is 74.6 cm³/mol. The van der Waals surface area contributed by atoms with E-state index in [-0.39, 0.29) is 24.4 Å². The highest BCUT2D eigenvalue weighted by molar-refractivity contribution is 5.83. The van der Waals surface area contributed by atoms with E-state index >= 15 is 0 Å². The average molecular weight is 292 g/mol. The molecule has 0 saturated heterocycles. The fourth-order valence-electron chi connectivity index (χ4n) is 3.02. The number of aromatic amines is 1. The Kier molecular flexibility index (Phi) is 3.35. The molecule has 21 heavy (non-hydrogen) atoms. The summed E-state index contributed by atoms with van der Waals surface area (Å²) < 4.78 is 0. The number of nitrogens with one attached hydrogen (secondary N) is 2. The lowest BCUT2D eigenvalue weighted by Gasteiger charge is -2.39. The summed E-state index contributed by atoms with van der Waals surface area (Å²) >= 11 is 0. The summed E-state index contributed by atoms with van der Waals surface area (Å²) in [6, 6.07) is -1.16. The molecule has 114 valence electrons. The number of imidazole rings is 1. The highest BCUT2D eigenvalue weighted by Gasteiger charge is 2.37. The SMILES string of the molecule is CC1(CNC(=O)N2Cc3[nH]cnc3CC2C(=O)O)CCC1. The van der Waals surface area contributed by atoms with E-state index in [1.807, 2.05) is 0 Å². The van der Waals surface area contributed by atoms with Gasteiger partial charge in [0.25, 0.3) is 0 Å².